The van der Waals surface area contributed by atoms with Crippen molar-refractivity contribution in [1.29, 1.82) is 0 Å². The summed E-state index contributed by atoms with van der Waals surface area (Å²) in [6.45, 7) is 7.65. The number of hydrogen-bond donors (Lipinski definition) is 1. The van der Waals surface area contributed by atoms with Crippen LogP contribution in [0.1, 0.15) is 22.3 Å². The quantitative estimate of drug-likeness (QED) is 0.757. The van der Waals surface area contributed by atoms with Crippen molar-refractivity contribution in [2.75, 3.05) is 0 Å². The molecule has 1 aliphatic heterocycles. The van der Waals surface area contributed by atoms with Crippen LogP contribution < -0.4 is 15.3 Å². The van der Waals surface area contributed by atoms with Crippen LogP contribution in [0.15, 0.2) is 24.3 Å². The molecule has 0 radical (unpaired) electrons. The molecule has 0 aromatic heterocycles. The number of benzene rings is 2. The number of fused-ring (bicyclic) bond motifs is 2. The first kappa shape index (κ1) is 13.4. The molecule has 0 atom stereocenters. The van der Waals surface area contributed by atoms with Crippen molar-refractivity contribution in [3.8, 4) is 11.5 Å². The van der Waals surface area contributed by atoms with E-state index >= 15 is 0 Å². The maximum atomic E-state index is 13.0. The molecule has 0 spiro atoms. The van der Waals surface area contributed by atoms with Crippen molar-refractivity contribution in [1.82, 2.24) is 0 Å². The van der Waals surface area contributed by atoms with Crippen molar-refractivity contribution >= 4 is 18.0 Å². The fraction of sp³-hybridized carbons (Fsp3) is 0.250. The first-order chi connectivity index (χ1) is 9.30. The summed E-state index contributed by atoms with van der Waals surface area (Å²) in [7, 11) is -3.60. The fourth-order valence-corrected chi connectivity index (χ4v) is 4.82. The van der Waals surface area contributed by atoms with E-state index in [1.54, 1.807) is 12.1 Å². The molecule has 4 heteroatoms. The van der Waals surface area contributed by atoms with Crippen LogP contribution in [0.2, 0.25) is 0 Å². The molecule has 1 N–H and O–H groups in total. The zero-order valence-corrected chi connectivity index (χ0v) is 12.9. The van der Waals surface area contributed by atoms with Gasteiger partial charge in [-0.05, 0) is 62.1 Å². The Balaban J connectivity index is 2.38. The highest BCUT2D eigenvalue weighted by molar-refractivity contribution is 7.74. The summed E-state index contributed by atoms with van der Waals surface area (Å²) in [5.41, 5.74) is 3.71. The van der Waals surface area contributed by atoms with Gasteiger partial charge in [0, 0.05) is 0 Å². The SMILES string of the molecule is Cc1cc(C)c2c(c1)P(=O)(O)c1cc(C)cc(C)c1O2. The second kappa shape index (κ2) is 4.21. The van der Waals surface area contributed by atoms with Gasteiger partial charge < -0.3 is 9.63 Å². The van der Waals surface area contributed by atoms with Gasteiger partial charge in [0.25, 0.3) is 7.37 Å². The average Bonchev–Trinajstić information content (AvgIpc) is 2.32. The summed E-state index contributed by atoms with van der Waals surface area (Å²) in [4.78, 5) is 10.7. The molecule has 0 saturated carbocycles. The molecule has 2 aromatic rings. The molecule has 0 saturated heterocycles. The van der Waals surface area contributed by atoms with Crippen LogP contribution in [0.25, 0.3) is 0 Å². The van der Waals surface area contributed by atoms with E-state index in [0.717, 1.165) is 22.3 Å². The minimum Gasteiger partial charge on any atom is -0.455 e. The van der Waals surface area contributed by atoms with Gasteiger partial charge in [0.05, 0.1) is 10.6 Å². The van der Waals surface area contributed by atoms with Gasteiger partial charge >= 0.3 is 0 Å². The number of hydrogen-bond acceptors (Lipinski definition) is 2. The van der Waals surface area contributed by atoms with Crippen molar-refractivity contribution in [3.05, 3.63) is 46.5 Å². The highest BCUT2D eigenvalue weighted by Crippen LogP contribution is 2.50. The molecular weight excluding hydrogens is 271 g/mol. The lowest BCUT2D eigenvalue weighted by molar-refractivity contribution is 0.460. The highest BCUT2D eigenvalue weighted by atomic mass is 31.2. The van der Waals surface area contributed by atoms with E-state index < -0.39 is 7.37 Å². The lowest BCUT2D eigenvalue weighted by Gasteiger charge is -2.28. The molecule has 0 aliphatic carbocycles. The number of aryl methyl sites for hydroxylation is 4. The summed E-state index contributed by atoms with van der Waals surface area (Å²) in [6.07, 6.45) is 0. The molecule has 0 fully saturated rings. The van der Waals surface area contributed by atoms with E-state index in [4.69, 9.17) is 4.74 Å². The molecule has 1 heterocycles. The van der Waals surface area contributed by atoms with Gasteiger partial charge in [-0.25, -0.2) is 0 Å². The standard InChI is InChI=1S/C16H17O3P/c1-9-5-11(3)15-13(7-9)20(17,18)14-8-10(2)6-12(4)16(14)19-15/h5-8H,1-4H3,(H,17,18). The first-order valence-electron chi connectivity index (χ1n) is 6.55. The molecule has 0 amide bonds. The predicted molar refractivity (Wildman–Crippen MR) is 81.0 cm³/mol. The topological polar surface area (TPSA) is 46.5 Å². The lowest BCUT2D eigenvalue weighted by atomic mass is 10.1. The summed E-state index contributed by atoms with van der Waals surface area (Å²) in [6, 6.07) is 7.44. The van der Waals surface area contributed by atoms with Gasteiger partial charge in [-0.1, -0.05) is 12.1 Å². The Morgan fingerprint density at radius 3 is 1.65 bits per heavy atom. The van der Waals surface area contributed by atoms with Gasteiger partial charge in [0.2, 0.25) is 0 Å². The Labute approximate surface area is 118 Å². The summed E-state index contributed by atoms with van der Waals surface area (Å²) < 4.78 is 18.9. The molecule has 0 unspecified atom stereocenters. The average molecular weight is 288 g/mol. The van der Waals surface area contributed by atoms with Gasteiger partial charge in [0.15, 0.2) is 0 Å². The molecule has 2 aromatic carbocycles. The van der Waals surface area contributed by atoms with Crippen LogP contribution >= 0.6 is 7.37 Å². The van der Waals surface area contributed by atoms with E-state index in [2.05, 4.69) is 0 Å². The van der Waals surface area contributed by atoms with Crippen LogP contribution in [0.5, 0.6) is 11.5 Å². The predicted octanol–water partition coefficient (Wildman–Crippen LogP) is 3.25. The second-order valence-corrected chi connectivity index (χ2v) is 7.65. The van der Waals surface area contributed by atoms with Gasteiger partial charge in [0.1, 0.15) is 11.5 Å². The molecule has 3 rings (SSSR count). The zero-order chi connectivity index (χ0) is 14.7. The van der Waals surface area contributed by atoms with E-state index in [1.807, 2.05) is 39.8 Å². The van der Waals surface area contributed by atoms with Crippen molar-refractivity contribution in [2.45, 2.75) is 27.7 Å². The maximum Gasteiger partial charge on any atom is 0.266 e. The fourth-order valence-electron chi connectivity index (χ4n) is 2.81. The second-order valence-electron chi connectivity index (χ2n) is 5.54. The third kappa shape index (κ3) is 1.81. The Bertz CT molecular complexity index is 716. The van der Waals surface area contributed by atoms with Gasteiger partial charge in [-0.3, -0.25) is 4.57 Å². The molecule has 0 bridgehead atoms. The Morgan fingerprint density at radius 2 is 1.25 bits per heavy atom. The normalized spacial score (nSPS) is 15.2. The monoisotopic (exact) mass is 288 g/mol. The van der Waals surface area contributed by atoms with Crippen molar-refractivity contribution in [2.24, 2.45) is 0 Å². The van der Waals surface area contributed by atoms with Crippen LogP contribution in [0.3, 0.4) is 0 Å². The van der Waals surface area contributed by atoms with E-state index in [9.17, 15) is 9.46 Å². The third-order valence-corrected chi connectivity index (χ3v) is 5.63. The maximum absolute atomic E-state index is 13.0. The van der Waals surface area contributed by atoms with Crippen molar-refractivity contribution in [3.63, 3.8) is 0 Å². The van der Waals surface area contributed by atoms with Crippen LogP contribution in [-0.4, -0.2) is 4.89 Å². The van der Waals surface area contributed by atoms with Crippen LogP contribution in [0.4, 0.5) is 0 Å². The van der Waals surface area contributed by atoms with Crippen LogP contribution in [-0.2, 0) is 4.57 Å². The smallest absolute Gasteiger partial charge is 0.266 e. The minimum atomic E-state index is -3.60. The first-order valence-corrected chi connectivity index (χ1v) is 8.21. The Morgan fingerprint density at radius 1 is 0.850 bits per heavy atom. The molecule has 3 nitrogen and oxygen atoms in total. The van der Waals surface area contributed by atoms with Gasteiger partial charge in [-0.2, -0.15) is 0 Å². The zero-order valence-electron chi connectivity index (χ0n) is 12.0. The molecular formula is C16H17O3P. The van der Waals surface area contributed by atoms with Crippen LogP contribution in [0, 0.1) is 27.7 Å². The number of ether oxygens (including phenoxy) is 1. The minimum absolute atomic E-state index is 0.410. The van der Waals surface area contributed by atoms with E-state index in [0.29, 0.717) is 22.1 Å². The lowest BCUT2D eigenvalue weighted by Crippen LogP contribution is -2.26. The molecule has 1 aliphatic rings. The Kier molecular flexibility index (Phi) is 2.82. The van der Waals surface area contributed by atoms with Gasteiger partial charge in [-0.15, -0.1) is 0 Å². The van der Waals surface area contributed by atoms with E-state index in [1.165, 1.54) is 0 Å². The molecule has 104 valence electrons. The van der Waals surface area contributed by atoms with E-state index in [-0.39, 0.29) is 0 Å². The number of rotatable bonds is 0. The summed E-state index contributed by atoms with van der Waals surface area (Å²) in [5, 5.41) is 0.819. The largest absolute Gasteiger partial charge is 0.455 e. The van der Waals surface area contributed by atoms with Crippen molar-refractivity contribution < 1.29 is 14.2 Å². The Hall–Kier alpha value is -1.57. The summed E-state index contributed by atoms with van der Waals surface area (Å²) >= 11 is 0. The molecule has 20 heavy (non-hydrogen) atoms. The third-order valence-electron chi connectivity index (χ3n) is 3.66. The highest BCUT2D eigenvalue weighted by Gasteiger charge is 2.37. The summed E-state index contributed by atoms with van der Waals surface area (Å²) in [5.74, 6) is 1.06.